The molecular formula is C8H13N3O3. The number of hydrogen-bond acceptors (Lipinski definition) is 5. The fraction of sp³-hybridized carbons (Fsp3) is 0.750. The van der Waals surface area contributed by atoms with Gasteiger partial charge in [0.05, 0.1) is 10.8 Å². The predicted octanol–water partition coefficient (Wildman–Crippen LogP) is -0.304. The second-order valence-corrected chi connectivity index (χ2v) is 3.73. The van der Waals surface area contributed by atoms with Crippen molar-refractivity contribution in [2.24, 2.45) is 5.92 Å². The van der Waals surface area contributed by atoms with Gasteiger partial charge in [0.15, 0.2) is 5.82 Å². The largest absolute Gasteiger partial charge is 0.374 e. The van der Waals surface area contributed by atoms with Crippen LogP contribution in [0, 0.1) is 16.0 Å². The molecule has 1 saturated heterocycles. The third-order valence-electron chi connectivity index (χ3n) is 2.76. The highest BCUT2D eigenvalue weighted by Gasteiger charge is 2.40. The first-order chi connectivity index (χ1) is 6.61. The van der Waals surface area contributed by atoms with Gasteiger partial charge in [-0.1, -0.05) is 6.92 Å². The van der Waals surface area contributed by atoms with Gasteiger partial charge in [-0.3, -0.25) is 10.1 Å². The van der Waals surface area contributed by atoms with E-state index in [0.717, 1.165) is 0 Å². The highest BCUT2D eigenvalue weighted by Crippen LogP contribution is 2.31. The minimum Gasteiger partial charge on any atom is -0.374 e. The van der Waals surface area contributed by atoms with Gasteiger partial charge in [-0.25, -0.2) is 0 Å². The Kier molecular flexibility index (Phi) is 2.07. The van der Waals surface area contributed by atoms with E-state index in [1.54, 1.807) is 11.8 Å². The van der Waals surface area contributed by atoms with Crippen LogP contribution in [0.25, 0.3) is 0 Å². The molecule has 6 heteroatoms. The van der Waals surface area contributed by atoms with E-state index in [1.807, 2.05) is 0 Å². The van der Waals surface area contributed by atoms with E-state index < -0.39 is 6.23 Å². The third kappa shape index (κ3) is 1.22. The molecule has 2 aliphatic heterocycles. The lowest BCUT2D eigenvalue weighted by Crippen LogP contribution is -2.40. The Morgan fingerprint density at radius 2 is 2.43 bits per heavy atom. The summed E-state index contributed by atoms with van der Waals surface area (Å²) in [4.78, 5) is 12.1. The van der Waals surface area contributed by atoms with Crippen LogP contribution in [0.3, 0.4) is 0 Å². The Bertz CT molecular complexity index is 302. The second-order valence-electron chi connectivity index (χ2n) is 3.73. The number of rotatable bonds is 1. The zero-order valence-electron chi connectivity index (χ0n) is 7.93. The van der Waals surface area contributed by atoms with E-state index >= 15 is 0 Å². The number of aliphatic hydroxyl groups is 1. The maximum absolute atomic E-state index is 10.8. The minimum atomic E-state index is -0.585. The lowest BCUT2D eigenvalue weighted by atomic mass is 9.99. The molecule has 0 aromatic rings. The molecule has 0 aromatic carbocycles. The first kappa shape index (κ1) is 9.26. The molecule has 0 saturated carbocycles. The summed E-state index contributed by atoms with van der Waals surface area (Å²) in [6, 6.07) is 0. The normalized spacial score (nSPS) is 31.4. The van der Waals surface area contributed by atoms with E-state index in [9.17, 15) is 15.2 Å². The highest BCUT2D eigenvalue weighted by atomic mass is 16.6. The zero-order chi connectivity index (χ0) is 10.3. The van der Waals surface area contributed by atoms with Crippen LogP contribution in [-0.2, 0) is 0 Å². The van der Waals surface area contributed by atoms with Crippen LogP contribution in [-0.4, -0.2) is 34.2 Å². The van der Waals surface area contributed by atoms with Crippen molar-refractivity contribution in [3.8, 4) is 0 Å². The molecule has 2 N–H and O–H groups in total. The average Bonchev–Trinajstić information content (AvgIpc) is 2.51. The van der Waals surface area contributed by atoms with Crippen molar-refractivity contribution >= 4 is 0 Å². The summed E-state index contributed by atoms with van der Waals surface area (Å²) < 4.78 is 0. The lowest BCUT2D eigenvalue weighted by Gasteiger charge is -2.31. The Morgan fingerprint density at radius 1 is 1.71 bits per heavy atom. The molecule has 2 heterocycles. The maximum Gasteiger partial charge on any atom is 0.288 e. The van der Waals surface area contributed by atoms with E-state index in [2.05, 4.69) is 5.32 Å². The molecule has 2 rings (SSSR count). The smallest absolute Gasteiger partial charge is 0.288 e. The van der Waals surface area contributed by atoms with Gasteiger partial charge < -0.3 is 15.3 Å². The van der Waals surface area contributed by atoms with Gasteiger partial charge in [0, 0.05) is 19.5 Å². The highest BCUT2D eigenvalue weighted by molar-refractivity contribution is 5.15. The van der Waals surface area contributed by atoms with Crippen LogP contribution in [0.1, 0.15) is 13.3 Å². The molecule has 14 heavy (non-hydrogen) atoms. The molecule has 6 nitrogen and oxygen atoms in total. The number of nitrogens with one attached hydrogen (secondary N) is 1. The van der Waals surface area contributed by atoms with Crippen LogP contribution in [0.15, 0.2) is 11.5 Å². The lowest BCUT2D eigenvalue weighted by molar-refractivity contribution is -0.438. The van der Waals surface area contributed by atoms with E-state index in [0.29, 0.717) is 25.3 Å². The third-order valence-corrected chi connectivity index (χ3v) is 2.76. The van der Waals surface area contributed by atoms with Crippen molar-refractivity contribution in [2.45, 2.75) is 19.6 Å². The molecule has 0 bridgehead atoms. The molecular weight excluding hydrogens is 186 g/mol. The van der Waals surface area contributed by atoms with Crippen LogP contribution in [0.4, 0.5) is 0 Å². The van der Waals surface area contributed by atoms with Gasteiger partial charge in [-0.2, -0.15) is 0 Å². The Hall–Kier alpha value is -1.30. The molecule has 2 atom stereocenters. The Balaban J connectivity index is 2.41. The van der Waals surface area contributed by atoms with Crippen LogP contribution >= 0.6 is 0 Å². The summed E-state index contributed by atoms with van der Waals surface area (Å²) in [7, 11) is 0. The molecule has 78 valence electrons. The van der Waals surface area contributed by atoms with Crippen molar-refractivity contribution in [1.82, 2.24) is 10.2 Å². The van der Waals surface area contributed by atoms with E-state index in [1.165, 1.54) is 0 Å². The fourth-order valence-electron chi connectivity index (χ4n) is 2.10. The SMILES string of the molecule is CC1CC(O)N2CCNC2=C1[N+](=O)[O-]. The average molecular weight is 199 g/mol. The number of allylic oxidation sites excluding steroid dienone is 1. The molecule has 2 unspecified atom stereocenters. The molecule has 0 aromatic heterocycles. The number of nitrogens with zero attached hydrogens (tertiary/aromatic N) is 2. The van der Waals surface area contributed by atoms with Gasteiger partial charge >= 0.3 is 0 Å². The first-order valence-corrected chi connectivity index (χ1v) is 4.68. The standard InChI is InChI=1S/C8H13N3O3/c1-5-4-6(12)10-3-2-9-8(10)7(5)11(13)14/h5-6,9,12H,2-4H2,1H3. The summed E-state index contributed by atoms with van der Waals surface area (Å²) in [5.41, 5.74) is 0.202. The van der Waals surface area contributed by atoms with Gasteiger partial charge in [0.2, 0.25) is 0 Å². The summed E-state index contributed by atoms with van der Waals surface area (Å²) in [5, 5.41) is 23.4. The molecule has 0 radical (unpaired) electrons. The zero-order valence-corrected chi connectivity index (χ0v) is 7.93. The number of aliphatic hydroxyl groups excluding tert-OH is 1. The van der Waals surface area contributed by atoms with Crippen molar-refractivity contribution in [3.05, 3.63) is 21.6 Å². The van der Waals surface area contributed by atoms with Crippen molar-refractivity contribution in [3.63, 3.8) is 0 Å². The second kappa shape index (κ2) is 3.13. The number of fused-ring (bicyclic) bond motifs is 1. The van der Waals surface area contributed by atoms with Gasteiger partial charge in [-0.15, -0.1) is 0 Å². The topological polar surface area (TPSA) is 78.6 Å². The van der Waals surface area contributed by atoms with Crippen molar-refractivity contribution in [1.29, 1.82) is 0 Å². The summed E-state index contributed by atoms with van der Waals surface area (Å²) in [6.45, 7) is 3.07. The Morgan fingerprint density at radius 3 is 3.07 bits per heavy atom. The van der Waals surface area contributed by atoms with Gasteiger partial charge in [0.1, 0.15) is 6.23 Å². The van der Waals surface area contributed by atoms with Crippen molar-refractivity contribution < 1.29 is 10.0 Å². The molecule has 2 aliphatic rings. The van der Waals surface area contributed by atoms with Crippen LogP contribution in [0.2, 0.25) is 0 Å². The van der Waals surface area contributed by atoms with Crippen LogP contribution in [0.5, 0.6) is 0 Å². The van der Waals surface area contributed by atoms with Crippen LogP contribution < -0.4 is 5.32 Å². The summed E-state index contributed by atoms with van der Waals surface area (Å²) in [6.07, 6.45) is -0.153. The number of nitro groups is 1. The quantitative estimate of drug-likeness (QED) is 0.447. The predicted molar refractivity (Wildman–Crippen MR) is 48.5 cm³/mol. The van der Waals surface area contributed by atoms with Crippen molar-refractivity contribution in [2.75, 3.05) is 13.1 Å². The molecule has 0 amide bonds. The summed E-state index contributed by atoms with van der Waals surface area (Å²) >= 11 is 0. The monoisotopic (exact) mass is 199 g/mol. The van der Waals surface area contributed by atoms with Gasteiger partial charge in [-0.05, 0) is 0 Å². The Labute approximate surface area is 81.3 Å². The minimum absolute atomic E-state index is 0.197. The van der Waals surface area contributed by atoms with E-state index in [4.69, 9.17) is 0 Å². The molecule has 1 fully saturated rings. The number of hydrogen-bond donors (Lipinski definition) is 2. The maximum atomic E-state index is 10.8. The molecule has 0 spiro atoms. The summed E-state index contributed by atoms with van der Waals surface area (Å²) in [5.74, 6) is 0.304. The molecule has 0 aliphatic carbocycles. The van der Waals surface area contributed by atoms with E-state index in [-0.39, 0.29) is 16.5 Å². The first-order valence-electron chi connectivity index (χ1n) is 4.68. The fourth-order valence-corrected chi connectivity index (χ4v) is 2.10. The van der Waals surface area contributed by atoms with Gasteiger partial charge in [0.25, 0.3) is 5.70 Å².